The van der Waals surface area contributed by atoms with Crippen LogP contribution in [0.5, 0.6) is 5.75 Å². The number of aryl methyl sites for hydroxylation is 2. The van der Waals surface area contributed by atoms with Gasteiger partial charge in [0.1, 0.15) is 12.4 Å². The number of thiazole rings is 1. The summed E-state index contributed by atoms with van der Waals surface area (Å²) in [6, 6.07) is 4.72. The van der Waals surface area contributed by atoms with Crippen molar-refractivity contribution >= 4 is 22.4 Å². The summed E-state index contributed by atoms with van der Waals surface area (Å²) >= 11 is 1.54. The van der Waals surface area contributed by atoms with Gasteiger partial charge in [0.05, 0.1) is 6.04 Å². The fourth-order valence-electron chi connectivity index (χ4n) is 3.53. The van der Waals surface area contributed by atoms with Gasteiger partial charge in [-0.25, -0.2) is 4.98 Å². The molecule has 1 fully saturated rings. The van der Waals surface area contributed by atoms with Gasteiger partial charge in [0.2, 0.25) is 5.91 Å². The first-order chi connectivity index (χ1) is 13.3. The molecule has 0 unspecified atom stereocenters. The Hall–Kier alpha value is -2.03. The molecule has 7 nitrogen and oxygen atoms in total. The number of ether oxygens (including phenoxy) is 1. The average molecular weight is 404 g/mol. The lowest BCUT2D eigenvalue weighted by molar-refractivity contribution is -0.114. The SMILES string of the molecule is CC(=O)Nc1ncc(CN2C[C@@H](COc3cc(C)nc(C)c3)N(C)C[C@@H]2C)s1. The second kappa shape index (κ2) is 8.98. The van der Waals surface area contributed by atoms with E-state index in [-0.39, 0.29) is 5.91 Å². The van der Waals surface area contributed by atoms with Crippen molar-refractivity contribution in [3.05, 3.63) is 34.6 Å². The molecule has 0 aromatic carbocycles. The van der Waals surface area contributed by atoms with Gasteiger partial charge in [-0.3, -0.25) is 19.6 Å². The molecule has 1 amide bonds. The maximum absolute atomic E-state index is 11.2. The Balaban J connectivity index is 1.60. The molecule has 152 valence electrons. The van der Waals surface area contributed by atoms with Crippen LogP contribution in [0.25, 0.3) is 0 Å². The maximum atomic E-state index is 11.2. The first-order valence-corrected chi connectivity index (χ1v) is 10.4. The lowest BCUT2D eigenvalue weighted by atomic mass is 10.1. The molecule has 1 aliphatic rings. The number of piperazine rings is 1. The number of nitrogens with one attached hydrogen (secondary N) is 1. The van der Waals surface area contributed by atoms with Crippen LogP contribution in [0.2, 0.25) is 0 Å². The Morgan fingerprint density at radius 1 is 1.32 bits per heavy atom. The molecule has 1 N–H and O–H groups in total. The molecule has 0 saturated carbocycles. The van der Waals surface area contributed by atoms with E-state index >= 15 is 0 Å². The van der Waals surface area contributed by atoms with Crippen molar-refractivity contribution in [1.29, 1.82) is 0 Å². The number of carbonyl (C=O) groups is 1. The molecule has 0 radical (unpaired) electrons. The standard InChI is InChI=1S/C20H29N5O2S/c1-13-6-18(7-14(2)22-13)27-12-17-10-25(15(3)9-24(17)5)11-19-8-21-20(28-19)23-16(4)26/h6-8,15,17H,9-12H2,1-5H3,(H,21,23,26)/t15-,17-/m0/s1. The van der Waals surface area contributed by atoms with E-state index in [0.29, 0.717) is 23.8 Å². The zero-order chi connectivity index (χ0) is 20.3. The quantitative estimate of drug-likeness (QED) is 0.800. The van der Waals surface area contributed by atoms with E-state index < -0.39 is 0 Å². The van der Waals surface area contributed by atoms with Crippen LogP contribution < -0.4 is 10.1 Å². The number of hydrogen-bond donors (Lipinski definition) is 1. The van der Waals surface area contributed by atoms with Crippen molar-refractivity contribution in [2.24, 2.45) is 0 Å². The number of pyridine rings is 1. The number of nitrogens with zero attached hydrogens (tertiary/aromatic N) is 4. The van der Waals surface area contributed by atoms with Gasteiger partial charge in [0.15, 0.2) is 5.13 Å². The molecular weight excluding hydrogens is 374 g/mol. The van der Waals surface area contributed by atoms with Crippen LogP contribution in [0.1, 0.15) is 30.1 Å². The topological polar surface area (TPSA) is 70.6 Å². The van der Waals surface area contributed by atoms with Crippen LogP contribution in [-0.2, 0) is 11.3 Å². The van der Waals surface area contributed by atoms with Gasteiger partial charge in [-0.05, 0) is 27.8 Å². The molecule has 3 rings (SSSR count). The van der Waals surface area contributed by atoms with Crippen molar-refractivity contribution in [2.45, 2.75) is 46.3 Å². The summed E-state index contributed by atoms with van der Waals surface area (Å²) in [6.45, 7) is 11.1. The number of aromatic nitrogens is 2. The number of hydrogen-bond acceptors (Lipinski definition) is 7. The van der Waals surface area contributed by atoms with Gasteiger partial charge in [0.25, 0.3) is 0 Å². The third-order valence-corrected chi connectivity index (χ3v) is 5.83. The number of rotatable bonds is 6. The number of amides is 1. The second-order valence-electron chi connectivity index (χ2n) is 7.58. The Labute approximate surface area is 170 Å². The highest BCUT2D eigenvalue weighted by atomic mass is 32.1. The molecule has 0 aliphatic carbocycles. The van der Waals surface area contributed by atoms with Crippen LogP contribution in [0.3, 0.4) is 0 Å². The lowest BCUT2D eigenvalue weighted by Gasteiger charge is -2.43. The first-order valence-electron chi connectivity index (χ1n) is 9.55. The molecule has 0 bridgehead atoms. The molecule has 1 aliphatic heterocycles. The van der Waals surface area contributed by atoms with E-state index in [1.54, 1.807) is 0 Å². The minimum Gasteiger partial charge on any atom is -0.492 e. The zero-order valence-corrected chi connectivity index (χ0v) is 18.0. The third-order valence-electron chi connectivity index (χ3n) is 4.94. The number of anilines is 1. The van der Waals surface area contributed by atoms with Gasteiger partial charge in [-0.15, -0.1) is 11.3 Å². The van der Waals surface area contributed by atoms with Crippen LogP contribution in [-0.4, -0.2) is 64.5 Å². The van der Waals surface area contributed by atoms with Crippen molar-refractivity contribution < 1.29 is 9.53 Å². The van der Waals surface area contributed by atoms with E-state index in [0.717, 1.165) is 41.6 Å². The van der Waals surface area contributed by atoms with Crippen LogP contribution in [0.15, 0.2) is 18.3 Å². The average Bonchev–Trinajstić information content (AvgIpc) is 3.01. The summed E-state index contributed by atoms with van der Waals surface area (Å²) in [5.74, 6) is 0.790. The lowest BCUT2D eigenvalue weighted by Crippen LogP contribution is -2.57. The normalized spacial score (nSPS) is 20.9. The summed E-state index contributed by atoms with van der Waals surface area (Å²) < 4.78 is 6.09. The predicted molar refractivity (Wildman–Crippen MR) is 112 cm³/mol. The van der Waals surface area contributed by atoms with E-state index in [1.165, 1.54) is 18.3 Å². The van der Waals surface area contributed by atoms with Gasteiger partial charge in [0, 0.05) is 67.2 Å². The van der Waals surface area contributed by atoms with E-state index in [4.69, 9.17) is 4.74 Å². The molecular formula is C20H29N5O2S. The van der Waals surface area contributed by atoms with Gasteiger partial charge in [-0.2, -0.15) is 0 Å². The Morgan fingerprint density at radius 3 is 2.71 bits per heavy atom. The highest BCUT2D eigenvalue weighted by Crippen LogP contribution is 2.23. The minimum atomic E-state index is -0.0901. The van der Waals surface area contributed by atoms with Crippen LogP contribution >= 0.6 is 11.3 Å². The summed E-state index contributed by atoms with van der Waals surface area (Å²) in [4.78, 5) is 25.9. The third kappa shape index (κ3) is 5.50. The second-order valence-corrected chi connectivity index (χ2v) is 8.70. The van der Waals surface area contributed by atoms with E-state index in [1.807, 2.05) is 32.2 Å². The Morgan fingerprint density at radius 2 is 2.04 bits per heavy atom. The molecule has 8 heteroatoms. The number of carbonyl (C=O) groups excluding carboxylic acids is 1. The van der Waals surface area contributed by atoms with Crippen LogP contribution in [0.4, 0.5) is 5.13 Å². The fourth-order valence-corrected chi connectivity index (χ4v) is 4.42. The van der Waals surface area contributed by atoms with Crippen molar-refractivity contribution in [1.82, 2.24) is 19.8 Å². The van der Waals surface area contributed by atoms with E-state index in [2.05, 4.69) is 39.1 Å². The largest absolute Gasteiger partial charge is 0.492 e. The molecule has 2 aromatic heterocycles. The molecule has 0 spiro atoms. The maximum Gasteiger partial charge on any atom is 0.223 e. The van der Waals surface area contributed by atoms with Gasteiger partial charge >= 0.3 is 0 Å². The van der Waals surface area contributed by atoms with Crippen molar-refractivity contribution in [3.63, 3.8) is 0 Å². The van der Waals surface area contributed by atoms with Gasteiger partial charge in [-0.1, -0.05) is 0 Å². The monoisotopic (exact) mass is 403 g/mol. The predicted octanol–water partition coefficient (Wildman–Crippen LogP) is 2.70. The summed E-state index contributed by atoms with van der Waals surface area (Å²) in [6.07, 6.45) is 1.86. The minimum absolute atomic E-state index is 0.0901. The molecule has 3 heterocycles. The first kappa shape index (κ1) is 20.7. The zero-order valence-electron chi connectivity index (χ0n) is 17.2. The molecule has 1 saturated heterocycles. The fraction of sp³-hybridized carbons (Fsp3) is 0.550. The number of likely N-dealkylation sites (N-methyl/N-ethyl adjacent to an activating group) is 1. The summed E-state index contributed by atoms with van der Waals surface area (Å²) in [5.41, 5.74) is 1.95. The van der Waals surface area contributed by atoms with E-state index in [9.17, 15) is 4.79 Å². The molecule has 2 aromatic rings. The Kier molecular flexibility index (Phi) is 6.64. The molecule has 28 heavy (non-hydrogen) atoms. The van der Waals surface area contributed by atoms with Crippen molar-refractivity contribution in [2.75, 3.05) is 32.1 Å². The summed E-state index contributed by atoms with van der Waals surface area (Å²) in [5, 5.41) is 3.41. The van der Waals surface area contributed by atoms with Crippen molar-refractivity contribution in [3.8, 4) is 5.75 Å². The Bertz CT molecular complexity index is 804. The summed E-state index contributed by atoms with van der Waals surface area (Å²) in [7, 11) is 2.16. The smallest absolute Gasteiger partial charge is 0.223 e. The highest BCUT2D eigenvalue weighted by molar-refractivity contribution is 7.15. The van der Waals surface area contributed by atoms with Crippen LogP contribution in [0, 0.1) is 13.8 Å². The highest BCUT2D eigenvalue weighted by Gasteiger charge is 2.30. The molecule has 2 atom stereocenters. The van der Waals surface area contributed by atoms with Gasteiger partial charge < -0.3 is 10.1 Å².